The topological polar surface area (TPSA) is 90.6 Å². The molecule has 1 aliphatic carbocycles. The molecule has 1 heterocycles. The number of aryl methyl sites for hydroxylation is 2. The van der Waals surface area contributed by atoms with Gasteiger partial charge in [0.25, 0.3) is 0 Å². The molecule has 0 radical (unpaired) electrons. The molecule has 1 aliphatic rings. The second-order valence-corrected chi connectivity index (χ2v) is 11.7. The first-order valence-corrected chi connectivity index (χ1v) is 15.0. The van der Waals surface area contributed by atoms with Crippen molar-refractivity contribution >= 4 is 28.6 Å². The first-order valence-electron chi connectivity index (χ1n) is 14.1. The van der Waals surface area contributed by atoms with E-state index in [1.165, 1.54) is 47.0 Å². The number of ether oxygens (including phenoxy) is 2. The average molecular weight is 624 g/mol. The van der Waals surface area contributed by atoms with E-state index in [9.17, 15) is 18.0 Å². The molecule has 1 saturated carbocycles. The average Bonchev–Trinajstić information content (AvgIpc) is 3.56. The van der Waals surface area contributed by atoms with Gasteiger partial charge in [-0.3, -0.25) is 4.79 Å². The Kier molecular flexibility index (Phi) is 9.28. The number of amidine groups is 1. The van der Waals surface area contributed by atoms with Crippen molar-refractivity contribution < 1.29 is 27.4 Å². The molecule has 1 fully saturated rings. The molecule has 0 bridgehead atoms. The lowest BCUT2D eigenvalue weighted by Crippen LogP contribution is -2.25. The monoisotopic (exact) mass is 623 g/mol. The predicted molar refractivity (Wildman–Crippen MR) is 164 cm³/mol. The number of rotatable bonds is 9. The van der Waals surface area contributed by atoms with Crippen molar-refractivity contribution in [2.75, 3.05) is 5.94 Å². The van der Waals surface area contributed by atoms with E-state index in [-0.39, 0.29) is 35.5 Å². The van der Waals surface area contributed by atoms with Crippen molar-refractivity contribution in [1.29, 1.82) is 0 Å². The Labute approximate surface area is 257 Å². The number of hydrogen-bond acceptors (Lipinski definition) is 7. The SMILES string of the molecule is Cc1cccc(C)c1/N=C(/NC1CC1c1ccc(-c2ncn(-c3ccc(OC(F)(F)F)cc3)n2)cc1)SCOC(=O)C(C)C. The van der Waals surface area contributed by atoms with Crippen LogP contribution in [-0.2, 0) is 9.53 Å². The van der Waals surface area contributed by atoms with E-state index in [0.717, 1.165) is 34.4 Å². The van der Waals surface area contributed by atoms with Crippen LogP contribution in [0.1, 0.15) is 42.9 Å². The van der Waals surface area contributed by atoms with Crippen LogP contribution in [0.5, 0.6) is 5.75 Å². The number of carbonyl (C=O) groups excluding carboxylic acids is 1. The lowest BCUT2D eigenvalue weighted by atomic mass is 10.1. The van der Waals surface area contributed by atoms with Crippen LogP contribution in [0.2, 0.25) is 0 Å². The van der Waals surface area contributed by atoms with Crippen LogP contribution in [0.25, 0.3) is 17.1 Å². The van der Waals surface area contributed by atoms with Crippen LogP contribution in [-0.4, -0.2) is 44.2 Å². The maximum atomic E-state index is 12.4. The molecule has 3 aromatic carbocycles. The summed E-state index contributed by atoms with van der Waals surface area (Å²) in [6.07, 6.45) is -2.31. The first-order chi connectivity index (χ1) is 21.0. The lowest BCUT2D eigenvalue weighted by molar-refractivity contribution is -0.274. The molecule has 0 saturated heterocycles. The Morgan fingerprint density at radius 2 is 1.75 bits per heavy atom. The highest BCUT2D eigenvalue weighted by atomic mass is 32.2. The molecule has 2 atom stereocenters. The molecule has 1 aromatic heterocycles. The fourth-order valence-corrected chi connectivity index (χ4v) is 5.26. The number of halogens is 3. The summed E-state index contributed by atoms with van der Waals surface area (Å²) >= 11 is 1.37. The molecule has 12 heteroatoms. The number of para-hydroxylation sites is 1. The van der Waals surface area contributed by atoms with Gasteiger partial charge in [0.15, 0.2) is 11.0 Å². The normalized spacial score (nSPS) is 16.6. The predicted octanol–water partition coefficient (Wildman–Crippen LogP) is 7.47. The molecule has 4 aromatic rings. The molecule has 0 aliphatic heterocycles. The van der Waals surface area contributed by atoms with E-state index < -0.39 is 6.36 Å². The van der Waals surface area contributed by atoms with E-state index in [0.29, 0.717) is 16.7 Å². The molecule has 0 amide bonds. The molecule has 8 nitrogen and oxygen atoms in total. The van der Waals surface area contributed by atoms with E-state index in [4.69, 9.17) is 9.73 Å². The van der Waals surface area contributed by atoms with Gasteiger partial charge in [0.2, 0.25) is 0 Å². The quantitative estimate of drug-likeness (QED) is 0.0895. The molecule has 2 unspecified atom stereocenters. The van der Waals surface area contributed by atoms with Gasteiger partial charge < -0.3 is 14.8 Å². The minimum absolute atomic E-state index is 0.172. The number of nitrogens with one attached hydrogen (secondary N) is 1. The van der Waals surface area contributed by atoms with Gasteiger partial charge in [-0.05, 0) is 73.0 Å². The summed E-state index contributed by atoms with van der Waals surface area (Å²) in [6, 6.07) is 19.7. The molecule has 230 valence electrons. The van der Waals surface area contributed by atoms with E-state index in [2.05, 4.69) is 20.1 Å². The standard InChI is InChI=1S/C32H32F3N5O3S/c1-19(2)30(41)42-18-44-31(38-28-20(3)6-5-7-21(28)4)37-27-16-26(27)22-8-10-23(11-9-22)29-36-17-40(39-29)24-12-14-25(15-13-24)43-32(33,34)35/h5-15,17,19,26-27H,16,18H2,1-4H3,(H,37,38). The molecular weight excluding hydrogens is 591 g/mol. The van der Waals surface area contributed by atoms with Crippen LogP contribution >= 0.6 is 11.8 Å². The van der Waals surface area contributed by atoms with Crippen LogP contribution in [0, 0.1) is 19.8 Å². The zero-order valence-corrected chi connectivity index (χ0v) is 25.4. The third-order valence-corrected chi connectivity index (χ3v) is 7.76. The summed E-state index contributed by atoms with van der Waals surface area (Å²) in [4.78, 5) is 21.3. The Morgan fingerprint density at radius 3 is 2.39 bits per heavy atom. The summed E-state index contributed by atoms with van der Waals surface area (Å²) in [5.41, 5.74) is 5.56. The Hall–Kier alpha value is -4.32. The maximum Gasteiger partial charge on any atom is 0.573 e. The Bertz CT molecular complexity index is 1620. The molecule has 0 spiro atoms. The third kappa shape index (κ3) is 7.98. The largest absolute Gasteiger partial charge is 0.573 e. The number of thioether (sulfide) groups is 1. The van der Waals surface area contributed by atoms with Gasteiger partial charge in [-0.2, -0.15) is 0 Å². The Balaban J connectivity index is 1.23. The number of aromatic nitrogens is 3. The highest BCUT2D eigenvalue weighted by molar-refractivity contribution is 8.13. The van der Waals surface area contributed by atoms with Crippen molar-refractivity contribution in [3.8, 4) is 22.8 Å². The van der Waals surface area contributed by atoms with Crippen LogP contribution in [0.3, 0.4) is 0 Å². The van der Waals surface area contributed by atoms with E-state index >= 15 is 0 Å². The molecule has 5 rings (SSSR count). The molecule has 1 N–H and O–H groups in total. The highest BCUT2D eigenvalue weighted by Crippen LogP contribution is 2.42. The van der Waals surface area contributed by atoms with Gasteiger partial charge in [0, 0.05) is 17.5 Å². The van der Waals surface area contributed by atoms with Crippen LogP contribution in [0.15, 0.2) is 78.0 Å². The summed E-state index contributed by atoms with van der Waals surface area (Å²) in [5.74, 6) is 0.200. The summed E-state index contributed by atoms with van der Waals surface area (Å²) < 4.78 is 48.1. The zero-order chi connectivity index (χ0) is 31.4. The number of carbonyl (C=O) groups is 1. The van der Waals surface area contributed by atoms with Gasteiger partial charge in [0.05, 0.1) is 17.3 Å². The van der Waals surface area contributed by atoms with Crippen molar-refractivity contribution in [1.82, 2.24) is 20.1 Å². The van der Waals surface area contributed by atoms with Gasteiger partial charge in [-0.25, -0.2) is 14.7 Å². The highest BCUT2D eigenvalue weighted by Gasteiger charge is 2.39. The number of alkyl halides is 3. The number of nitrogens with zero attached hydrogens (tertiary/aromatic N) is 4. The fourth-order valence-electron chi connectivity index (χ4n) is 4.58. The number of esters is 1. The number of benzene rings is 3. The van der Waals surface area contributed by atoms with E-state index in [1.54, 1.807) is 13.8 Å². The van der Waals surface area contributed by atoms with E-state index in [1.807, 2.05) is 56.3 Å². The maximum absolute atomic E-state index is 12.4. The van der Waals surface area contributed by atoms with Crippen molar-refractivity contribution in [2.24, 2.45) is 10.9 Å². The zero-order valence-electron chi connectivity index (χ0n) is 24.6. The minimum Gasteiger partial charge on any atom is -0.454 e. The minimum atomic E-state index is -4.75. The summed E-state index contributed by atoms with van der Waals surface area (Å²) in [7, 11) is 0. The van der Waals surface area contributed by atoms with Gasteiger partial charge in [0.1, 0.15) is 18.0 Å². The van der Waals surface area contributed by atoms with Crippen LogP contribution < -0.4 is 10.1 Å². The lowest BCUT2D eigenvalue weighted by Gasteiger charge is -2.13. The number of hydrogen-bond donors (Lipinski definition) is 1. The smallest absolute Gasteiger partial charge is 0.454 e. The third-order valence-electron chi connectivity index (χ3n) is 7.04. The second-order valence-electron chi connectivity index (χ2n) is 10.8. The van der Waals surface area contributed by atoms with Crippen molar-refractivity contribution in [3.05, 3.63) is 89.7 Å². The molecule has 44 heavy (non-hydrogen) atoms. The summed E-state index contributed by atoms with van der Waals surface area (Å²) in [6.45, 7) is 7.65. The van der Waals surface area contributed by atoms with Gasteiger partial charge in [-0.15, -0.1) is 18.3 Å². The van der Waals surface area contributed by atoms with Crippen LogP contribution in [0.4, 0.5) is 18.9 Å². The fraction of sp³-hybridized carbons (Fsp3) is 0.312. The van der Waals surface area contributed by atoms with Gasteiger partial charge in [-0.1, -0.05) is 56.3 Å². The Morgan fingerprint density at radius 1 is 1.07 bits per heavy atom. The van der Waals surface area contributed by atoms with Crippen molar-refractivity contribution in [2.45, 2.75) is 52.4 Å². The first kappa shape index (κ1) is 31.1. The van der Waals surface area contributed by atoms with Crippen molar-refractivity contribution in [3.63, 3.8) is 0 Å². The second kappa shape index (κ2) is 13.1. The number of aliphatic imine (C=N–C) groups is 1. The van der Waals surface area contributed by atoms with Gasteiger partial charge >= 0.3 is 12.3 Å². The summed E-state index contributed by atoms with van der Waals surface area (Å²) in [5, 5.41) is 8.74. The molecular formula is C32H32F3N5O3S.